The Morgan fingerprint density at radius 2 is 1.57 bits per heavy atom. The van der Waals surface area contributed by atoms with Crippen LogP contribution in [0.15, 0.2) is 77.7 Å². The van der Waals surface area contributed by atoms with Crippen molar-refractivity contribution in [2.45, 2.75) is 11.8 Å². The standard InChI is InChI=1S/C21H20N2O4S/c1-15-12-13-20(27-2)19(14-15)22-21(24)17-10-6-7-11-18(17)23-28(25,26)16-8-4-3-5-9-16/h3-14,23H,1-2H3,(H,22,24). The molecular formula is C21H20N2O4S. The van der Waals surface area contributed by atoms with Gasteiger partial charge < -0.3 is 10.1 Å². The fourth-order valence-electron chi connectivity index (χ4n) is 2.68. The summed E-state index contributed by atoms with van der Waals surface area (Å²) in [6.07, 6.45) is 0. The van der Waals surface area contributed by atoms with Crippen molar-refractivity contribution in [3.63, 3.8) is 0 Å². The van der Waals surface area contributed by atoms with E-state index in [0.717, 1.165) is 5.56 Å². The van der Waals surface area contributed by atoms with Gasteiger partial charge in [0.1, 0.15) is 5.75 Å². The number of para-hydroxylation sites is 1. The van der Waals surface area contributed by atoms with Crippen LogP contribution >= 0.6 is 0 Å². The molecule has 0 fully saturated rings. The second-order valence-corrected chi connectivity index (χ2v) is 7.80. The molecule has 0 atom stereocenters. The van der Waals surface area contributed by atoms with Crippen LogP contribution in [0.4, 0.5) is 11.4 Å². The van der Waals surface area contributed by atoms with E-state index >= 15 is 0 Å². The topological polar surface area (TPSA) is 84.5 Å². The number of benzene rings is 3. The molecule has 0 saturated heterocycles. The maximum Gasteiger partial charge on any atom is 0.261 e. The van der Waals surface area contributed by atoms with E-state index in [1.165, 1.54) is 19.2 Å². The number of rotatable bonds is 6. The van der Waals surface area contributed by atoms with Gasteiger partial charge in [-0.3, -0.25) is 9.52 Å². The quantitative estimate of drug-likeness (QED) is 0.658. The molecule has 0 radical (unpaired) electrons. The van der Waals surface area contributed by atoms with E-state index in [2.05, 4.69) is 10.0 Å². The molecule has 3 rings (SSSR count). The van der Waals surface area contributed by atoms with E-state index < -0.39 is 15.9 Å². The first-order chi connectivity index (χ1) is 13.4. The lowest BCUT2D eigenvalue weighted by atomic mass is 10.1. The van der Waals surface area contributed by atoms with E-state index in [9.17, 15) is 13.2 Å². The predicted octanol–water partition coefficient (Wildman–Crippen LogP) is 4.06. The van der Waals surface area contributed by atoms with E-state index in [4.69, 9.17) is 4.74 Å². The lowest BCUT2D eigenvalue weighted by Crippen LogP contribution is -2.19. The van der Waals surface area contributed by atoms with Crippen molar-refractivity contribution >= 4 is 27.3 Å². The van der Waals surface area contributed by atoms with E-state index in [1.54, 1.807) is 54.6 Å². The van der Waals surface area contributed by atoms with Crippen molar-refractivity contribution in [2.75, 3.05) is 17.1 Å². The van der Waals surface area contributed by atoms with Crippen molar-refractivity contribution in [1.82, 2.24) is 0 Å². The zero-order chi connectivity index (χ0) is 20.1. The molecule has 0 aromatic heterocycles. The number of nitrogens with one attached hydrogen (secondary N) is 2. The minimum Gasteiger partial charge on any atom is -0.495 e. The predicted molar refractivity (Wildman–Crippen MR) is 109 cm³/mol. The molecule has 2 N–H and O–H groups in total. The SMILES string of the molecule is COc1ccc(C)cc1NC(=O)c1ccccc1NS(=O)(=O)c1ccccc1. The van der Waals surface area contributed by atoms with Crippen LogP contribution in [-0.4, -0.2) is 21.4 Å². The number of amides is 1. The third-order valence-corrected chi connectivity index (χ3v) is 5.45. The van der Waals surface area contributed by atoms with Crippen LogP contribution < -0.4 is 14.8 Å². The molecule has 0 spiro atoms. The number of carbonyl (C=O) groups is 1. The Kier molecular flexibility index (Phi) is 5.65. The Bertz CT molecular complexity index is 1100. The third kappa shape index (κ3) is 4.32. The van der Waals surface area contributed by atoms with Gasteiger partial charge in [0.05, 0.1) is 28.9 Å². The van der Waals surface area contributed by atoms with Crippen LogP contribution in [0.1, 0.15) is 15.9 Å². The van der Waals surface area contributed by atoms with E-state index in [1.807, 2.05) is 13.0 Å². The molecular weight excluding hydrogens is 376 g/mol. The molecule has 6 nitrogen and oxygen atoms in total. The highest BCUT2D eigenvalue weighted by molar-refractivity contribution is 7.92. The summed E-state index contributed by atoms with van der Waals surface area (Å²) in [6, 6.07) is 19.8. The minimum absolute atomic E-state index is 0.116. The minimum atomic E-state index is -3.82. The molecule has 28 heavy (non-hydrogen) atoms. The summed E-state index contributed by atoms with van der Waals surface area (Å²) in [6.45, 7) is 1.90. The number of methoxy groups -OCH3 is 1. The molecule has 144 valence electrons. The highest BCUT2D eigenvalue weighted by Crippen LogP contribution is 2.27. The fraction of sp³-hybridized carbons (Fsp3) is 0.0952. The van der Waals surface area contributed by atoms with Gasteiger partial charge in [-0.15, -0.1) is 0 Å². The van der Waals surface area contributed by atoms with Crippen molar-refractivity contribution in [3.8, 4) is 5.75 Å². The summed E-state index contributed by atoms with van der Waals surface area (Å²) >= 11 is 0. The first kappa shape index (κ1) is 19.4. The Balaban J connectivity index is 1.90. The van der Waals surface area contributed by atoms with Crippen molar-refractivity contribution < 1.29 is 17.9 Å². The summed E-state index contributed by atoms with van der Waals surface area (Å²) in [5.41, 5.74) is 1.85. The third-order valence-electron chi connectivity index (χ3n) is 4.07. The number of anilines is 2. The van der Waals surface area contributed by atoms with Crippen LogP contribution in [0.3, 0.4) is 0 Å². The smallest absolute Gasteiger partial charge is 0.261 e. The van der Waals surface area contributed by atoms with Gasteiger partial charge >= 0.3 is 0 Å². The Labute approximate surface area is 164 Å². The van der Waals surface area contributed by atoms with Gasteiger partial charge in [-0.25, -0.2) is 8.42 Å². The summed E-state index contributed by atoms with van der Waals surface area (Å²) in [5, 5.41) is 2.79. The zero-order valence-corrected chi connectivity index (χ0v) is 16.3. The van der Waals surface area contributed by atoms with Crippen molar-refractivity contribution in [1.29, 1.82) is 0 Å². The van der Waals surface area contributed by atoms with Gasteiger partial charge in [-0.05, 0) is 48.9 Å². The molecule has 0 bridgehead atoms. The van der Waals surface area contributed by atoms with Crippen molar-refractivity contribution in [2.24, 2.45) is 0 Å². The molecule has 3 aromatic carbocycles. The number of hydrogen-bond donors (Lipinski definition) is 2. The van der Waals surface area contributed by atoms with Gasteiger partial charge in [-0.1, -0.05) is 36.4 Å². The highest BCUT2D eigenvalue weighted by atomic mass is 32.2. The van der Waals surface area contributed by atoms with Gasteiger partial charge in [0.15, 0.2) is 0 Å². The van der Waals surface area contributed by atoms with Gasteiger partial charge in [0.2, 0.25) is 0 Å². The average molecular weight is 396 g/mol. The van der Waals surface area contributed by atoms with Gasteiger partial charge in [-0.2, -0.15) is 0 Å². The molecule has 0 saturated carbocycles. The summed E-state index contributed by atoms with van der Waals surface area (Å²) in [7, 11) is -2.30. The zero-order valence-electron chi connectivity index (χ0n) is 15.5. The van der Waals surface area contributed by atoms with Crippen LogP contribution in [-0.2, 0) is 10.0 Å². The van der Waals surface area contributed by atoms with Gasteiger partial charge in [0, 0.05) is 0 Å². The number of hydrogen-bond acceptors (Lipinski definition) is 4. The normalized spacial score (nSPS) is 10.9. The molecule has 0 unspecified atom stereocenters. The maximum absolute atomic E-state index is 12.8. The van der Waals surface area contributed by atoms with Crippen molar-refractivity contribution in [3.05, 3.63) is 83.9 Å². The molecule has 0 aliphatic heterocycles. The van der Waals surface area contributed by atoms with E-state index in [0.29, 0.717) is 11.4 Å². The fourth-order valence-corrected chi connectivity index (χ4v) is 3.78. The average Bonchev–Trinajstić information content (AvgIpc) is 2.69. The molecule has 1 amide bonds. The highest BCUT2D eigenvalue weighted by Gasteiger charge is 2.19. The summed E-state index contributed by atoms with van der Waals surface area (Å²) < 4.78 is 33.0. The largest absolute Gasteiger partial charge is 0.495 e. The number of aryl methyl sites for hydroxylation is 1. The first-order valence-electron chi connectivity index (χ1n) is 8.53. The summed E-state index contributed by atoms with van der Waals surface area (Å²) in [5.74, 6) is 0.0663. The number of ether oxygens (including phenoxy) is 1. The summed E-state index contributed by atoms with van der Waals surface area (Å²) in [4.78, 5) is 13.0. The second kappa shape index (κ2) is 8.14. The molecule has 7 heteroatoms. The van der Waals surface area contributed by atoms with Crippen LogP contribution in [0.2, 0.25) is 0 Å². The molecule has 0 aliphatic rings. The Morgan fingerprint density at radius 3 is 2.29 bits per heavy atom. The monoisotopic (exact) mass is 396 g/mol. The lowest BCUT2D eigenvalue weighted by molar-refractivity contribution is 0.102. The second-order valence-electron chi connectivity index (χ2n) is 6.12. The molecule has 0 heterocycles. The molecule has 3 aromatic rings. The van der Waals surface area contributed by atoms with E-state index in [-0.39, 0.29) is 16.1 Å². The van der Waals surface area contributed by atoms with Crippen LogP contribution in [0.25, 0.3) is 0 Å². The first-order valence-corrected chi connectivity index (χ1v) is 10.0. The number of carbonyl (C=O) groups excluding carboxylic acids is 1. The lowest BCUT2D eigenvalue weighted by Gasteiger charge is -2.14. The maximum atomic E-state index is 12.8. The van der Waals surface area contributed by atoms with Crippen LogP contribution in [0.5, 0.6) is 5.75 Å². The molecule has 0 aliphatic carbocycles. The van der Waals surface area contributed by atoms with Gasteiger partial charge in [0.25, 0.3) is 15.9 Å². The van der Waals surface area contributed by atoms with Crippen LogP contribution in [0, 0.1) is 6.92 Å². The number of sulfonamides is 1. The Hall–Kier alpha value is -3.32. The Morgan fingerprint density at radius 1 is 0.893 bits per heavy atom.